The maximum Gasteiger partial charge on any atom is 0.350 e. The van der Waals surface area contributed by atoms with E-state index in [4.69, 9.17) is 0 Å². The van der Waals surface area contributed by atoms with Crippen LogP contribution in [0.25, 0.3) is 0 Å². The number of methoxy groups -OCH3 is 1. The van der Waals surface area contributed by atoms with Gasteiger partial charge in [0.15, 0.2) is 0 Å². The maximum atomic E-state index is 12.6. The Hall–Kier alpha value is -0.950. The molecule has 0 amide bonds. The van der Waals surface area contributed by atoms with Crippen LogP contribution in [0.4, 0.5) is 0 Å². The Morgan fingerprint density at radius 1 is 1.35 bits per heavy atom. The second-order valence-corrected chi connectivity index (χ2v) is 8.31. The molecular weight excluding hydrogens is 298 g/mol. The van der Waals surface area contributed by atoms with Crippen LogP contribution in [0.1, 0.15) is 54.4 Å². The van der Waals surface area contributed by atoms with Gasteiger partial charge in [0, 0.05) is 0 Å². The molecule has 1 saturated carbocycles. The highest BCUT2D eigenvalue weighted by Crippen LogP contribution is 2.32. The highest BCUT2D eigenvalue weighted by atomic mass is 32.2. The summed E-state index contributed by atoms with van der Waals surface area (Å²) in [5.74, 6) is -0.510. The molecule has 7 heteroatoms. The maximum absolute atomic E-state index is 12.6. The standard InChI is InChI=1S/C13H19NO4S2/c1-3-10-11(12(15)18-2)19-13(14-10)20(16,17)9-7-5-4-6-8-9/h9H,3-8H2,1-2H3. The second kappa shape index (κ2) is 6.22. The molecule has 1 aromatic heterocycles. The number of aryl methyl sites for hydroxylation is 1. The van der Waals surface area contributed by atoms with E-state index < -0.39 is 15.8 Å². The van der Waals surface area contributed by atoms with Gasteiger partial charge in [0.1, 0.15) is 4.88 Å². The Kier molecular flexibility index (Phi) is 4.80. The summed E-state index contributed by atoms with van der Waals surface area (Å²) in [5, 5.41) is -0.349. The molecule has 0 atom stereocenters. The van der Waals surface area contributed by atoms with Crippen LogP contribution in [0.15, 0.2) is 4.34 Å². The summed E-state index contributed by atoms with van der Waals surface area (Å²) in [4.78, 5) is 16.1. The number of esters is 1. The van der Waals surface area contributed by atoms with E-state index in [9.17, 15) is 13.2 Å². The minimum absolute atomic E-state index is 0.0710. The van der Waals surface area contributed by atoms with Gasteiger partial charge < -0.3 is 4.74 Å². The van der Waals surface area contributed by atoms with Crippen molar-refractivity contribution in [2.45, 2.75) is 55.0 Å². The van der Waals surface area contributed by atoms with Crippen molar-refractivity contribution in [2.75, 3.05) is 7.11 Å². The third kappa shape index (κ3) is 2.88. The predicted octanol–water partition coefficient (Wildman–Crippen LogP) is 2.60. The number of rotatable bonds is 4. The van der Waals surface area contributed by atoms with Crippen molar-refractivity contribution >= 4 is 27.1 Å². The third-order valence-corrected chi connectivity index (χ3v) is 7.36. The average molecular weight is 317 g/mol. The molecule has 20 heavy (non-hydrogen) atoms. The summed E-state index contributed by atoms with van der Waals surface area (Å²) < 4.78 is 29.9. The van der Waals surface area contributed by atoms with E-state index in [1.807, 2.05) is 6.92 Å². The van der Waals surface area contributed by atoms with Gasteiger partial charge in [-0.3, -0.25) is 0 Å². The largest absolute Gasteiger partial charge is 0.465 e. The van der Waals surface area contributed by atoms with Gasteiger partial charge in [0.2, 0.25) is 14.2 Å². The minimum Gasteiger partial charge on any atom is -0.465 e. The SMILES string of the molecule is CCc1nc(S(=O)(=O)C2CCCCC2)sc1C(=O)OC. The molecule has 5 nitrogen and oxygen atoms in total. The van der Waals surface area contributed by atoms with Crippen LogP contribution in [-0.4, -0.2) is 31.7 Å². The fraction of sp³-hybridized carbons (Fsp3) is 0.692. The normalized spacial score (nSPS) is 17.1. The van der Waals surface area contributed by atoms with Crippen molar-refractivity contribution in [1.29, 1.82) is 0 Å². The molecule has 112 valence electrons. The molecule has 0 aliphatic heterocycles. The lowest BCUT2D eigenvalue weighted by atomic mass is 10.0. The predicted molar refractivity (Wildman–Crippen MR) is 76.9 cm³/mol. The zero-order valence-corrected chi connectivity index (χ0v) is 13.3. The van der Waals surface area contributed by atoms with E-state index in [2.05, 4.69) is 9.72 Å². The molecule has 0 saturated heterocycles. The number of aromatic nitrogens is 1. The van der Waals surface area contributed by atoms with E-state index in [0.717, 1.165) is 30.6 Å². The average Bonchev–Trinajstić information content (AvgIpc) is 2.92. The summed E-state index contributed by atoms with van der Waals surface area (Å²) in [6.07, 6.45) is 4.88. The number of hydrogen-bond donors (Lipinski definition) is 0. The lowest BCUT2D eigenvalue weighted by molar-refractivity contribution is 0.0605. The van der Waals surface area contributed by atoms with Crippen molar-refractivity contribution < 1.29 is 17.9 Å². The van der Waals surface area contributed by atoms with Gasteiger partial charge in [-0.05, 0) is 19.3 Å². The van der Waals surface area contributed by atoms with Crippen LogP contribution in [0.5, 0.6) is 0 Å². The Labute approximate surface area is 123 Å². The van der Waals surface area contributed by atoms with Crippen molar-refractivity contribution in [2.24, 2.45) is 0 Å². The van der Waals surface area contributed by atoms with Crippen LogP contribution < -0.4 is 0 Å². The molecule has 0 N–H and O–H groups in total. The number of hydrogen-bond acceptors (Lipinski definition) is 6. The first-order valence-electron chi connectivity index (χ1n) is 6.82. The lowest BCUT2D eigenvalue weighted by Gasteiger charge is -2.20. The molecule has 0 aromatic carbocycles. The molecule has 1 aliphatic carbocycles. The Balaban J connectivity index is 2.36. The summed E-state index contributed by atoms with van der Waals surface area (Å²) in [5.41, 5.74) is 0.510. The number of carbonyl (C=O) groups is 1. The quantitative estimate of drug-likeness (QED) is 0.798. The van der Waals surface area contributed by atoms with Gasteiger partial charge >= 0.3 is 5.97 Å². The number of sulfone groups is 1. The smallest absolute Gasteiger partial charge is 0.350 e. The molecule has 1 fully saturated rings. The number of thiazole rings is 1. The van der Waals surface area contributed by atoms with Crippen LogP contribution in [-0.2, 0) is 21.0 Å². The highest BCUT2D eigenvalue weighted by Gasteiger charge is 2.33. The van der Waals surface area contributed by atoms with Crippen molar-refractivity contribution in [1.82, 2.24) is 4.98 Å². The third-order valence-electron chi connectivity index (χ3n) is 3.62. The minimum atomic E-state index is -3.42. The molecule has 0 bridgehead atoms. The fourth-order valence-corrected chi connectivity index (χ4v) is 5.87. The lowest BCUT2D eigenvalue weighted by Crippen LogP contribution is -2.24. The fourth-order valence-electron chi connectivity index (χ4n) is 2.46. The van der Waals surface area contributed by atoms with Crippen LogP contribution in [0.3, 0.4) is 0 Å². The van der Waals surface area contributed by atoms with Crippen LogP contribution in [0, 0.1) is 0 Å². The van der Waals surface area contributed by atoms with Gasteiger partial charge in [-0.1, -0.05) is 37.5 Å². The van der Waals surface area contributed by atoms with E-state index in [1.165, 1.54) is 7.11 Å². The van der Waals surface area contributed by atoms with Gasteiger partial charge in [-0.2, -0.15) is 0 Å². The number of ether oxygens (including phenoxy) is 1. The van der Waals surface area contributed by atoms with E-state index in [1.54, 1.807) is 0 Å². The first-order chi connectivity index (χ1) is 9.50. The zero-order chi connectivity index (χ0) is 14.8. The molecule has 1 aromatic rings. The topological polar surface area (TPSA) is 73.3 Å². The summed E-state index contributed by atoms with van der Waals surface area (Å²) in [6, 6.07) is 0. The summed E-state index contributed by atoms with van der Waals surface area (Å²) in [6.45, 7) is 1.85. The van der Waals surface area contributed by atoms with Gasteiger partial charge in [-0.25, -0.2) is 18.2 Å². The first kappa shape index (κ1) is 15.4. The molecule has 0 unspecified atom stereocenters. The molecule has 2 rings (SSSR count). The van der Waals surface area contributed by atoms with Crippen molar-refractivity contribution in [3.8, 4) is 0 Å². The van der Waals surface area contributed by atoms with Crippen LogP contribution >= 0.6 is 11.3 Å². The molecule has 1 heterocycles. The Bertz CT molecular complexity index is 586. The van der Waals surface area contributed by atoms with E-state index in [0.29, 0.717) is 29.8 Å². The van der Waals surface area contributed by atoms with Gasteiger partial charge in [0.05, 0.1) is 18.1 Å². The van der Waals surface area contributed by atoms with E-state index in [-0.39, 0.29) is 9.59 Å². The molecule has 0 radical (unpaired) electrons. The first-order valence-corrected chi connectivity index (χ1v) is 9.19. The van der Waals surface area contributed by atoms with Crippen LogP contribution in [0.2, 0.25) is 0 Å². The second-order valence-electron chi connectivity index (χ2n) is 4.91. The molecule has 0 spiro atoms. The molecular formula is C13H19NO4S2. The van der Waals surface area contributed by atoms with Crippen molar-refractivity contribution in [3.63, 3.8) is 0 Å². The zero-order valence-electron chi connectivity index (χ0n) is 11.7. The summed E-state index contributed by atoms with van der Waals surface area (Å²) >= 11 is 0.944. The Morgan fingerprint density at radius 2 is 2.00 bits per heavy atom. The highest BCUT2D eigenvalue weighted by molar-refractivity contribution is 7.94. The number of nitrogens with zero attached hydrogens (tertiary/aromatic N) is 1. The van der Waals surface area contributed by atoms with E-state index >= 15 is 0 Å². The van der Waals surface area contributed by atoms with Gasteiger partial charge in [0.25, 0.3) is 0 Å². The van der Waals surface area contributed by atoms with Gasteiger partial charge in [-0.15, -0.1) is 0 Å². The number of carbonyl (C=O) groups excluding carboxylic acids is 1. The monoisotopic (exact) mass is 317 g/mol. The summed E-state index contributed by atoms with van der Waals surface area (Å²) in [7, 11) is -2.13. The Morgan fingerprint density at radius 3 is 2.55 bits per heavy atom. The molecule has 1 aliphatic rings. The van der Waals surface area contributed by atoms with Crippen molar-refractivity contribution in [3.05, 3.63) is 10.6 Å².